The molecule has 1 amide bonds. The van der Waals surface area contributed by atoms with Gasteiger partial charge in [0.25, 0.3) is 5.91 Å². The van der Waals surface area contributed by atoms with Gasteiger partial charge in [0.2, 0.25) is 5.72 Å². The van der Waals surface area contributed by atoms with Gasteiger partial charge >= 0.3 is 0 Å². The third kappa shape index (κ3) is 1.52. The molecule has 1 spiro atoms. The lowest BCUT2D eigenvalue weighted by Crippen LogP contribution is -2.60. The molecule has 3 heterocycles. The van der Waals surface area contributed by atoms with Crippen LogP contribution < -0.4 is 10.2 Å². The minimum Gasteiger partial charge on any atom is -0.346 e. The summed E-state index contributed by atoms with van der Waals surface area (Å²) in [6, 6.07) is 17.7. The monoisotopic (exact) mass is 351 g/mol. The largest absolute Gasteiger partial charge is 0.346 e. The van der Waals surface area contributed by atoms with E-state index in [9.17, 15) is 4.79 Å². The summed E-state index contributed by atoms with van der Waals surface area (Å²) in [5, 5.41) is 3.90. The number of amides is 1. The second kappa shape index (κ2) is 4.80. The number of carbonyl (C=O) groups is 1. The van der Waals surface area contributed by atoms with E-state index in [1.807, 2.05) is 59.5 Å². The second-order valence-electron chi connectivity index (χ2n) is 6.57. The molecule has 2 unspecified atom stereocenters. The van der Waals surface area contributed by atoms with Crippen LogP contribution in [0, 0.1) is 0 Å². The summed E-state index contributed by atoms with van der Waals surface area (Å²) in [4.78, 5) is 17.3. The minimum atomic E-state index is -1.08. The van der Waals surface area contributed by atoms with Gasteiger partial charge in [0, 0.05) is 30.4 Å². The fraction of sp³-hybridized carbons (Fsp3) is 0.263. The van der Waals surface area contributed by atoms with Crippen molar-refractivity contribution in [2.75, 3.05) is 25.1 Å². The molecule has 2 aromatic carbocycles. The van der Waals surface area contributed by atoms with Crippen molar-refractivity contribution in [2.45, 2.75) is 11.3 Å². The first-order chi connectivity index (χ1) is 12.1. The highest BCUT2D eigenvalue weighted by Crippen LogP contribution is 2.57. The number of likely N-dealkylation sites (N-methyl/N-ethyl adjacent to an activating group) is 1. The van der Waals surface area contributed by atoms with Gasteiger partial charge in [0.05, 0.1) is 6.61 Å². The Kier molecular flexibility index (Phi) is 2.86. The average molecular weight is 351 g/mol. The van der Waals surface area contributed by atoms with Crippen LogP contribution in [0.1, 0.15) is 11.1 Å². The predicted molar refractivity (Wildman–Crippen MR) is 98.0 cm³/mol. The maximum atomic E-state index is 13.6. The molecule has 2 atom stereocenters. The number of carbonyl (C=O) groups excluding carboxylic acids is 1. The van der Waals surface area contributed by atoms with Crippen molar-refractivity contribution >= 4 is 28.9 Å². The predicted octanol–water partition coefficient (Wildman–Crippen LogP) is 1.93. The first kappa shape index (κ1) is 14.9. The summed E-state index contributed by atoms with van der Waals surface area (Å²) in [6.07, 6.45) is 0. The molecule has 0 aliphatic carbocycles. The van der Waals surface area contributed by atoms with Gasteiger partial charge in [-0.15, -0.1) is 0 Å². The van der Waals surface area contributed by atoms with Crippen molar-refractivity contribution in [1.82, 2.24) is 10.2 Å². The van der Waals surface area contributed by atoms with Crippen LogP contribution in [0.15, 0.2) is 54.6 Å². The van der Waals surface area contributed by atoms with Crippen LogP contribution in [0.4, 0.5) is 5.69 Å². The summed E-state index contributed by atoms with van der Waals surface area (Å²) < 4.78 is 6.36. The standard InChI is InChI=1S/C19H17N3O2S/c1-21-15-10-6-5-9-14(15)18(16(21)23)19(13-7-3-2-4-8-13)22(11-12-24-19)17(25)20-18/h2-10H,11-12H2,1H3,(H,20,25). The Bertz CT molecular complexity index is 903. The molecule has 0 aromatic heterocycles. The quantitative estimate of drug-likeness (QED) is 0.796. The third-order valence-electron chi connectivity index (χ3n) is 5.51. The third-order valence-corrected chi connectivity index (χ3v) is 5.84. The number of anilines is 1. The minimum absolute atomic E-state index is 0.0516. The van der Waals surface area contributed by atoms with Crippen molar-refractivity contribution < 1.29 is 9.53 Å². The van der Waals surface area contributed by atoms with E-state index in [1.54, 1.807) is 11.9 Å². The van der Waals surface area contributed by atoms with Crippen molar-refractivity contribution in [3.05, 3.63) is 65.7 Å². The lowest BCUT2D eigenvalue weighted by Gasteiger charge is -2.41. The van der Waals surface area contributed by atoms with Gasteiger partial charge in [-0.3, -0.25) is 4.79 Å². The van der Waals surface area contributed by atoms with E-state index in [1.165, 1.54) is 0 Å². The molecule has 25 heavy (non-hydrogen) atoms. The van der Waals surface area contributed by atoms with Crippen LogP contribution in [-0.4, -0.2) is 36.1 Å². The number of nitrogens with one attached hydrogen (secondary N) is 1. The lowest BCUT2D eigenvalue weighted by atomic mass is 9.77. The number of benzene rings is 2. The van der Waals surface area contributed by atoms with E-state index in [-0.39, 0.29) is 5.91 Å². The van der Waals surface area contributed by atoms with Crippen LogP contribution in [0.2, 0.25) is 0 Å². The van der Waals surface area contributed by atoms with Gasteiger partial charge in [0.15, 0.2) is 10.7 Å². The first-order valence-electron chi connectivity index (χ1n) is 8.30. The van der Waals surface area contributed by atoms with Gasteiger partial charge in [-0.25, -0.2) is 0 Å². The van der Waals surface area contributed by atoms with E-state index < -0.39 is 11.3 Å². The fourth-order valence-corrected chi connectivity index (χ4v) is 4.89. The number of fused-ring (bicyclic) bond motifs is 4. The Morgan fingerprint density at radius 1 is 1.12 bits per heavy atom. The number of rotatable bonds is 1. The van der Waals surface area contributed by atoms with Crippen LogP contribution in [0.3, 0.4) is 0 Å². The SMILES string of the molecule is CN1C(=O)C2(NC(=S)N3CCOC32c2ccccc2)c2ccccc21. The lowest BCUT2D eigenvalue weighted by molar-refractivity contribution is -0.148. The van der Waals surface area contributed by atoms with Crippen molar-refractivity contribution in [3.63, 3.8) is 0 Å². The van der Waals surface area contributed by atoms with Crippen molar-refractivity contribution in [3.8, 4) is 0 Å². The number of hydrogen-bond donors (Lipinski definition) is 1. The summed E-state index contributed by atoms with van der Waals surface area (Å²) in [6.45, 7) is 1.18. The molecular weight excluding hydrogens is 334 g/mol. The molecule has 0 radical (unpaired) electrons. The second-order valence-corrected chi connectivity index (χ2v) is 6.96. The summed E-state index contributed by atoms with van der Waals surface area (Å²) in [5.41, 5.74) is 0.670. The maximum absolute atomic E-state index is 13.6. The molecular formula is C19H17N3O2S. The zero-order valence-corrected chi connectivity index (χ0v) is 14.5. The molecule has 3 aliphatic heterocycles. The Morgan fingerprint density at radius 3 is 2.64 bits per heavy atom. The number of thiocarbonyl (C=S) groups is 1. The molecule has 6 heteroatoms. The van der Waals surface area contributed by atoms with Gasteiger partial charge in [-0.05, 0) is 18.3 Å². The van der Waals surface area contributed by atoms with Gasteiger partial charge in [0.1, 0.15) is 0 Å². The van der Waals surface area contributed by atoms with Gasteiger partial charge in [-0.2, -0.15) is 0 Å². The Labute approximate surface area is 151 Å². The van der Waals surface area contributed by atoms with E-state index in [0.717, 1.165) is 16.8 Å². The van der Waals surface area contributed by atoms with E-state index in [2.05, 4.69) is 5.32 Å². The zero-order chi connectivity index (χ0) is 17.2. The molecule has 3 aliphatic rings. The Morgan fingerprint density at radius 2 is 1.84 bits per heavy atom. The highest BCUT2D eigenvalue weighted by Gasteiger charge is 2.73. The van der Waals surface area contributed by atoms with Crippen LogP contribution in [0.5, 0.6) is 0 Å². The first-order valence-corrected chi connectivity index (χ1v) is 8.71. The van der Waals surface area contributed by atoms with E-state index in [0.29, 0.717) is 18.3 Å². The molecule has 126 valence electrons. The van der Waals surface area contributed by atoms with Crippen LogP contribution >= 0.6 is 12.2 Å². The zero-order valence-electron chi connectivity index (χ0n) is 13.7. The summed E-state index contributed by atoms with van der Waals surface area (Å²) >= 11 is 5.62. The number of hydrogen-bond acceptors (Lipinski definition) is 3. The number of nitrogens with zero attached hydrogens (tertiary/aromatic N) is 2. The van der Waals surface area contributed by atoms with Crippen molar-refractivity contribution in [1.29, 1.82) is 0 Å². The van der Waals surface area contributed by atoms with Gasteiger partial charge in [-0.1, -0.05) is 48.5 Å². The Hall–Kier alpha value is -2.44. The molecule has 2 aromatic rings. The topological polar surface area (TPSA) is 44.8 Å². The average Bonchev–Trinajstić information content (AvgIpc) is 3.26. The summed E-state index contributed by atoms with van der Waals surface area (Å²) in [5.74, 6) is -0.0516. The number of para-hydroxylation sites is 1. The highest BCUT2D eigenvalue weighted by molar-refractivity contribution is 7.80. The highest BCUT2D eigenvalue weighted by atomic mass is 32.1. The molecule has 2 fully saturated rings. The molecule has 2 saturated heterocycles. The van der Waals surface area contributed by atoms with E-state index in [4.69, 9.17) is 17.0 Å². The summed E-state index contributed by atoms with van der Waals surface area (Å²) in [7, 11) is 1.80. The molecule has 0 bridgehead atoms. The van der Waals surface area contributed by atoms with E-state index >= 15 is 0 Å². The molecule has 0 saturated carbocycles. The molecule has 5 nitrogen and oxygen atoms in total. The smallest absolute Gasteiger partial charge is 0.262 e. The molecule has 1 N–H and O–H groups in total. The molecule has 5 rings (SSSR count). The fourth-order valence-electron chi connectivity index (χ4n) is 4.52. The normalized spacial score (nSPS) is 30.0. The maximum Gasteiger partial charge on any atom is 0.262 e. The van der Waals surface area contributed by atoms with Crippen LogP contribution in [-0.2, 0) is 20.8 Å². The Balaban J connectivity index is 1.87. The van der Waals surface area contributed by atoms with Gasteiger partial charge < -0.3 is 19.9 Å². The number of ether oxygens (including phenoxy) is 1. The van der Waals surface area contributed by atoms with Crippen molar-refractivity contribution in [2.24, 2.45) is 0 Å². The van der Waals surface area contributed by atoms with Crippen LogP contribution in [0.25, 0.3) is 0 Å².